The van der Waals surface area contributed by atoms with Gasteiger partial charge in [0.2, 0.25) is 15.9 Å². The summed E-state index contributed by atoms with van der Waals surface area (Å²) in [6, 6.07) is 9.43. The van der Waals surface area contributed by atoms with E-state index in [2.05, 4.69) is 10.0 Å². The van der Waals surface area contributed by atoms with E-state index in [9.17, 15) is 13.2 Å². The van der Waals surface area contributed by atoms with Crippen LogP contribution in [-0.2, 0) is 19.6 Å². The lowest BCUT2D eigenvalue weighted by Gasteiger charge is -2.17. The highest BCUT2D eigenvalue weighted by Crippen LogP contribution is 2.33. The molecule has 0 heterocycles. The standard InChI is InChI=1S/C18H20Cl2N2O5S/c1-12(22-28(24,25)14-8-6-13(19)7-9-14)18(23)21-16-5-3-4-15(20)17(16)27-11-10-26-2/h3-9,12,22H,10-11H2,1-2H3,(H,21,23)/t12-/m0/s1. The monoisotopic (exact) mass is 446 g/mol. The van der Waals surface area contributed by atoms with Crippen molar-refractivity contribution in [2.24, 2.45) is 0 Å². The summed E-state index contributed by atoms with van der Waals surface area (Å²) in [5, 5.41) is 3.34. The van der Waals surface area contributed by atoms with Gasteiger partial charge in [-0.3, -0.25) is 4.79 Å². The first-order valence-corrected chi connectivity index (χ1v) is 10.5. The van der Waals surface area contributed by atoms with Crippen LogP contribution in [0.15, 0.2) is 47.4 Å². The second-order valence-electron chi connectivity index (χ2n) is 5.74. The minimum Gasteiger partial charge on any atom is -0.487 e. The fraction of sp³-hybridized carbons (Fsp3) is 0.278. The molecule has 28 heavy (non-hydrogen) atoms. The number of nitrogens with one attached hydrogen (secondary N) is 2. The van der Waals surface area contributed by atoms with Gasteiger partial charge in [-0.25, -0.2) is 8.42 Å². The predicted molar refractivity (Wildman–Crippen MR) is 109 cm³/mol. The molecular formula is C18H20Cl2N2O5S. The highest BCUT2D eigenvalue weighted by atomic mass is 35.5. The molecule has 152 valence electrons. The molecule has 0 fully saturated rings. The van der Waals surface area contributed by atoms with Crippen molar-refractivity contribution in [3.8, 4) is 5.75 Å². The maximum atomic E-state index is 12.5. The smallest absolute Gasteiger partial charge is 0.242 e. The first-order chi connectivity index (χ1) is 13.2. The zero-order valence-corrected chi connectivity index (χ0v) is 17.6. The molecule has 7 nitrogen and oxygen atoms in total. The molecular weight excluding hydrogens is 427 g/mol. The maximum Gasteiger partial charge on any atom is 0.242 e. The fourth-order valence-corrected chi connectivity index (χ4v) is 3.75. The van der Waals surface area contributed by atoms with Crippen LogP contribution in [0.3, 0.4) is 0 Å². The Morgan fingerprint density at radius 2 is 1.79 bits per heavy atom. The Labute approximate surface area is 174 Å². The van der Waals surface area contributed by atoms with Gasteiger partial charge in [-0.2, -0.15) is 4.72 Å². The fourth-order valence-electron chi connectivity index (χ4n) is 2.19. The third kappa shape index (κ3) is 6.08. The van der Waals surface area contributed by atoms with Crippen molar-refractivity contribution in [1.82, 2.24) is 4.72 Å². The Kier molecular flexibility index (Phi) is 8.09. The molecule has 2 rings (SSSR count). The van der Waals surface area contributed by atoms with E-state index < -0.39 is 22.0 Å². The summed E-state index contributed by atoms with van der Waals surface area (Å²) in [5.41, 5.74) is 0.325. The van der Waals surface area contributed by atoms with Gasteiger partial charge in [0.25, 0.3) is 0 Å². The SMILES string of the molecule is COCCOc1c(Cl)cccc1NC(=O)[C@H](C)NS(=O)(=O)c1ccc(Cl)cc1. The van der Waals surface area contributed by atoms with Crippen molar-refractivity contribution < 1.29 is 22.7 Å². The number of methoxy groups -OCH3 is 1. The van der Waals surface area contributed by atoms with Crippen molar-refractivity contribution >= 4 is 44.8 Å². The van der Waals surface area contributed by atoms with Gasteiger partial charge in [0.05, 0.1) is 28.3 Å². The Hall–Kier alpha value is -1.84. The zero-order chi connectivity index (χ0) is 20.7. The summed E-state index contributed by atoms with van der Waals surface area (Å²) >= 11 is 11.9. The number of carbonyl (C=O) groups is 1. The van der Waals surface area contributed by atoms with E-state index in [-0.39, 0.29) is 17.3 Å². The van der Waals surface area contributed by atoms with E-state index >= 15 is 0 Å². The van der Waals surface area contributed by atoms with E-state index in [1.807, 2.05) is 0 Å². The molecule has 2 aromatic rings. The first-order valence-electron chi connectivity index (χ1n) is 8.23. The highest BCUT2D eigenvalue weighted by molar-refractivity contribution is 7.89. The van der Waals surface area contributed by atoms with Gasteiger partial charge >= 0.3 is 0 Å². The Morgan fingerprint density at radius 3 is 2.43 bits per heavy atom. The number of anilines is 1. The van der Waals surface area contributed by atoms with Crippen LogP contribution in [0.5, 0.6) is 5.75 Å². The normalized spacial score (nSPS) is 12.4. The number of halogens is 2. The average Bonchev–Trinajstić information content (AvgIpc) is 2.64. The van der Waals surface area contributed by atoms with E-state index in [1.165, 1.54) is 38.3 Å². The molecule has 0 spiro atoms. The van der Waals surface area contributed by atoms with Gasteiger partial charge in [0.15, 0.2) is 5.75 Å². The van der Waals surface area contributed by atoms with Gasteiger partial charge in [-0.15, -0.1) is 0 Å². The van der Waals surface area contributed by atoms with Gasteiger partial charge in [-0.1, -0.05) is 29.3 Å². The topological polar surface area (TPSA) is 93.7 Å². The van der Waals surface area contributed by atoms with Crippen LogP contribution in [0.4, 0.5) is 5.69 Å². The molecule has 0 aliphatic carbocycles. The minimum atomic E-state index is -3.89. The third-order valence-electron chi connectivity index (χ3n) is 3.61. The number of para-hydroxylation sites is 1. The van der Waals surface area contributed by atoms with Crippen LogP contribution in [0, 0.1) is 0 Å². The molecule has 0 bridgehead atoms. The molecule has 1 amide bonds. The molecule has 0 aromatic heterocycles. The summed E-state index contributed by atoms with van der Waals surface area (Å²) in [4.78, 5) is 12.5. The average molecular weight is 447 g/mol. The molecule has 0 aliphatic heterocycles. The number of benzene rings is 2. The zero-order valence-electron chi connectivity index (χ0n) is 15.2. The van der Waals surface area contributed by atoms with Crippen molar-refractivity contribution in [3.05, 3.63) is 52.5 Å². The van der Waals surface area contributed by atoms with E-state index in [0.717, 1.165) is 0 Å². The highest BCUT2D eigenvalue weighted by Gasteiger charge is 2.23. The van der Waals surface area contributed by atoms with Crippen LogP contribution in [0.1, 0.15) is 6.92 Å². The largest absolute Gasteiger partial charge is 0.487 e. The number of ether oxygens (including phenoxy) is 2. The lowest BCUT2D eigenvalue weighted by molar-refractivity contribution is -0.117. The Balaban J connectivity index is 2.10. The van der Waals surface area contributed by atoms with Gasteiger partial charge in [-0.05, 0) is 43.3 Å². The second-order valence-corrected chi connectivity index (χ2v) is 8.30. The number of hydrogen-bond acceptors (Lipinski definition) is 5. The maximum absolute atomic E-state index is 12.5. The predicted octanol–water partition coefficient (Wildman–Crippen LogP) is 3.32. The molecule has 0 saturated carbocycles. The van der Waals surface area contributed by atoms with E-state index in [1.54, 1.807) is 18.2 Å². The van der Waals surface area contributed by atoms with Gasteiger partial charge in [0.1, 0.15) is 6.61 Å². The van der Waals surface area contributed by atoms with Crippen LogP contribution >= 0.6 is 23.2 Å². The molecule has 2 aromatic carbocycles. The van der Waals surface area contributed by atoms with Crippen LogP contribution in [0.2, 0.25) is 10.0 Å². The summed E-state index contributed by atoms with van der Waals surface area (Å²) in [7, 11) is -2.36. The van der Waals surface area contributed by atoms with Gasteiger partial charge in [0, 0.05) is 12.1 Å². The van der Waals surface area contributed by atoms with E-state index in [4.69, 9.17) is 32.7 Å². The molecule has 1 atom stereocenters. The number of sulfonamides is 1. The molecule has 0 aliphatic rings. The minimum absolute atomic E-state index is 0.00268. The lowest BCUT2D eigenvalue weighted by Crippen LogP contribution is -2.41. The van der Waals surface area contributed by atoms with Crippen molar-refractivity contribution in [2.45, 2.75) is 17.9 Å². The molecule has 2 N–H and O–H groups in total. The molecule has 0 saturated heterocycles. The summed E-state index contributed by atoms with van der Waals surface area (Å²) in [5.74, 6) is -0.293. The lowest BCUT2D eigenvalue weighted by atomic mass is 10.2. The summed E-state index contributed by atoms with van der Waals surface area (Å²) in [6.07, 6.45) is 0. The van der Waals surface area contributed by atoms with Crippen molar-refractivity contribution in [3.63, 3.8) is 0 Å². The first kappa shape index (κ1) is 22.4. The Bertz CT molecular complexity index is 920. The van der Waals surface area contributed by atoms with Gasteiger partial charge < -0.3 is 14.8 Å². The molecule has 0 radical (unpaired) electrons. The van der Waals surface area contributed by atoms with Crippen molar-refractivity contribution in [2.75, 3.05) is 25.6 Å². The summed E-state index contributed by atoms with van der Waals surface area (Å²) in [6.45, 7) is 2.01. The number of hydrogen-bond donors (Lipinski definition) is 2. The quantitative estimate of drug-likeness (QED) is 0.576. The number of amides is 1. The second kappa shape index (κ2) is 10.1. The summed E-state index contributed by atoms with van der Waals surface area (Å²) < 4.78 is 37.6. The molecule has 0 unspecified atom stereocenters. The number of rotatable bonds is 9. The van der Waals surface area contributed by atoms with Crippen LogP contribution < -0.4 is 14.8 Å². The van der Waals surface area contributed by atoms with Crippen LogP contribution in [-0.4, -0.2) is 40.7 Å². The van der Waals surface area contributed by atoms with Crippen LogP contribution in [0.25, 0.3) is 0 Å². The third-order valence-corrected chi connectivity index (χ3v) is 5.71. The van der Waals surface area contributed by atoms with Crippen molar-refractivity contribution in [1.29, 1.82) is 0 Å². The Morgan fingerprint density at radius 1 is 1.11 bits per heavy atom. The van der Waals surface area contributed by atoms with E-state index in [0.29, 0.717) is 22.3 Å². The molecule has 10 heteroatoms. The number of carbonyl (C=O) groups excluding carboxylic acids is 1.